The smallest absolute Gasteiger partial charge is 0.162 e. The second kappa shape index (κ2) is 6.23. The number of halogens is 1. The third-order valence-corrected chi connectivity index (χ3v) is 4.58. The molecule has 0 amide bonds. The summed E-state index contributed by atoms with van der Waals surface area (Å²) in [7, 11) is 0. The zero-order valence-electron chi connectivity index (χ0n) is 11.6. The van der Waals surface area contributed by atoms with Crippen LogP contribution in [0.4, 0.5) is 0 Å². The van der Waals surface area contributed by atoms with Crippen molar-refractivity contribution in [3.63, 3.8) is 0 Å². The fourth-order valence-corrected chi connectivity index (χ4v) is 3.42. The van der Waals surface area contributed by atoms with Crippen LogP contribution in [0.3, 0.4) is 0 Å². The first-order valence-electron chi connectivity index (χ1n) is 7.51. The van der Waals surface area contributed by atoms with Crippen LogP contribution in [-0.4, -0.2) is 18.3 Å². The van der Waals surface area contributed by atoms with Gasteiger partial charge in [0.2, 0.25) is 0 Å². The normalized spacial score (nSPS) is 20.7. The molecule has 0 radical (unpaired) electrons. The minimum absolute atomic E-state index is 0.511. The van der Waals surface area contributed by atoms with Crippen molar-refractivity contribution < 1.29 is 14.6 Å². The molecular formula is C16H21ClO3. The molecule has 1 saturated carbocycles. The van der Waals surface area contributed by atoms with Gasteiger partial charge < -0.3 is 14.6 Å². The zero-order chi connectivity index (χ0) is 13.9. The summed E-state index contributed by atoms with van der Waals surface area (Å²) in [6.07, 6.45) is 6.16. The van der Waals surface area contributed by atoms with E-state index in [-0.39, 0.29) is 0 Å². The van der Waals surface area contributed by atoms with E-state index in [1.54, 1.807) is 6.07 Å². The molecule has 1 heterocycles. The van der Waals surface area contributed by atoms with Gasteiger partial charge in [-0.05, 0) is 18.4 Å². The average Bonchev–Trinajstić information content (AvgIpc) is 2.82. The highest BCUT2D eigenvalue weighted by molar-refractivity contribution is 6.31. The van der Waals surface area contributed by atoms with Crippen LogP contribution >= 0.6 is 11.6 Å². The van der Waals surface area contributed by atoms with Crippen LogP contribution in [-0.2, 0) is 0 Å². The number of ether oxygens (including phenoxy) is 2. The van der Waals surface area contributed by atoms with E-state index in [4.69, 9.17) is 21.1 Å². The SMILES string of the molecule is OC(CC1CCCC1)c1cc2c(cc1Cl)OCCCO2. The minimum Gasteiger partial charge on any atom is -0.490 e. The number of aliphatic hydroxyl groups is 1. The number of aliphatic hydroxyl groups excluding tert-OH is 1. The minimum atomic E-state index is -0.511. The molecule has 1 unspecified atom stereocenters. The van der Waals surface area contributed by atoms with Gasteiger partial charge in [0.15, 0.2) is 11.5 Å². The van der Waals surface area contributed by atoms with Crippen molar-refractivity contribution in [3.05, 3.63) is 22.7 Å². The van der Waals surface area contributed by atoms with Gasteiger partial charge in [0, 0.05) is 18.1 Å². The van der Waals surface area contributed by atoms with E-state index in [1.165, 1.54) is 25.7 Å². The largest absolute Gasteiger partial charge is 0.490 e. The van der Waals surface area contributed by atoms with Crippen molar-refractivity contribution in [2.24, 2.45) is 5.92 Å². The summed E-state index contributed by atoms with van der Waals surface area (Å²) in [4.78, 5) is 0. The second-order valence-electron chi connectivity index (χ2n) is 5.77. The van der Waals surface area contributed by atoms with Crippen molar-refractivity contribution in [2.75, 3.05) is 13.2 Å². The summed E-state index contributed by atoms with van der Waals surface area (Å²) in [5.41, 5.74) is 0.766. The number of hydrogen-bond acceptors (Lipinski definition) is 3. The molecule has 1 aromatic carbocycles. The lowest BCUT2D eigenvalue weighted by atomic mass is 9.95. The first-order chi connectivity index (χ1) is 9.74. The van der Waals surface area contributed by atoms with Gasteiger partial charge in [-0.15, -0.1) is 0 Å². The van der Waals surface area contributed by atoms with E-state index in [2.05, 4.69) is 0 Å². The van der Waals surface area contributed by atoms with Crippen LogP contribution in [0.25, 0.3) is 0 Å². The van der Waals surface area contributed by atoms with Crippen LogP contribution in [0.5, 0.6) is 11.5 Å². The van der Waals surface area contributed by atoms with Crippen LogP contribution in [0, 0.1) is 5.92 Å². The fraction of sp³-hybridized carbons (Fsp3) is 0.625. The Bertz CT molecular complexity index is 469. The molecule has 110 valence electrons. The molecule has 1 aliphatic carbocycles. The van der Waals surface area contributed by atoms with Crippen molar-refractivity contribution in [3.8, 4) is 11.5 Å². The standard InChI is InChI=1S/C16H21ClO3/c17-13-10-16-15(19-6-3-7-20-16)9-12(13)14(18)8-11-4-1-2-5-11/h9-11,14,18H,1-8H2. The summed E-state index contributed by atoms with van der Waals surface area (Å²) in [6, 6.07) is 3.62. The Hall–Kier alpha value is -0.930. The molecule has 20 heavy (non-hydrogen) atoms. The first kappa shape index (κ1) is 14.0. The molecule has 4 heteroatoms. The van der Waals surface area contributed by atoms with Crippen molar-refractivity contribution in [1.29, 1.82) is 0 Å². The predicted octanol–water partition coefficient (Wildman–Crippen LogP) is 4.12. The number of fused-ring (bicyclic) bond motifs is 1. The van der Waals surface area contributed by atoms with Gasteiger partial charge >= 0.3 is 0 Å². The lowest BCUT2D eigenvalue weighted by Crippen LogP contribution is -2.06. The lowest BCUT2D eigenvalue weighted by Gasteiger charge is -2.18. The van der Waals surface area contributed by atoms with Gasteiger partial charge in [0.05, 0.1) is 24.3 Å². The zero-order valence-corrected chi connectivity index (χ0v) is 12.4. The summed E-state index contributed by atoms with van der Waals surface area (Å²) >= 11 is 6.30. The summed E-state index contributed by atoms with van der Waals surface area (Å²) in [5.74, 6) is 2.01. The van der Waals surface area contributed by atoms with Gasteiger partial charge in [0.25, 0.3) is 0 Å². The van der Waals surface area contributed by atoms with Crippen LogP contribution in [0.15, 0.2) is 12.1 Å². The predicted molar refractivity (Wildman–Crippen MR) is 78.6 cm³/mol. The maximum absolute atomic E-state index is 10.5. The molecule has 2 aliphatic rings. The summed E-state index contributed by atoms with van der Waals surface area (Å²) in [6.45, 7) is 1.29. The van der Waals surface area contributed by atoms with Crippen molar-refractivity contribution in [2.45, 2.75) is 44.6 Å². The number of hydrogen-bond donors (Lipinski definition) is 1. The second-order valence-corrected chi connectivity index (χ2v) is 6.18. The van der Waals surface area contributed by atoms with Gasteiger partial charge in [-0.3, -0.25) is 0 Å². The number of benzene rings is 1. The third-order valence-electron chi connectivity index (χ3n) is 4.26. The molecule has 1 fully saturated rings. The molecular weight excluding hydrogens is 276 g/mol. The maximum Gasteiger partial charge on any atom is 0.162 e. The Morgan fingerprint density at radius 1 is 1.10 bits per heavy atom. The summed E-state index contributed by atoms with van der Waals surface area (Å²) < 4.78 is 11.3. The maximum atomic E-state index is 10.5. The Morgan fingerprint density at radius 3 is 2.45 bits per heavy atom. The Morgan fingerprint density at radius 2 is 1.75 bits per heavy atom. The van der Waals surface area contributed by atoms with Gasteiger partial charge in [0.1, 0.15) is 0 Å². The van der Waals surface area contributed by atoms with E-state index in [9.17, 15) is 5.11 Å². The molecule has 1 aliphatic heterocycles. The molecule has 0 bridgehead atoms. The van der Waals surface area contributed by atoms with E-state index in [0.717, 1.165) is 18.4 Å². The first-order valence-corrected chi connectivity index (χ1v) is 7.89. The van der Waals surface area contributed by atoms with Gasteiger partial charge in [-0.1, -0.05) is 37.3 Å². The topological polar surface area (TPSA) is 38.7 Å². The monoisotopic (exact) mass is 296 g/mol. The van der Waals surface area contributed by atoms with E-state index in [1.807, 2.05) is 6.07 Å². The Balaban J connectivity index is 1.79. The van der Waals surface area contributed by atoms with E-state index < -0.39 is 6.10 Å². The molecule has 0 aromatic heterocycles. The van der Waals surface area contributed by atoms with Crippen LogP contribution in [0.2, 0.25) is 5.02 Å². The fourth-order valence-electron chi connectivity index (χ4n) is 3.14. The van der Waals surface area contributed by atoms with Crippen molar-refractivity contribution >= 4 is 11.6 Å². The lowest BCUT2D eigenvalue weighted by molar-refractivity contribution is 0.144. The van der Waals surface area contributed by atoms with Crippen molar-refractivity contribution in [1.82, 2.24) is 0 Å². The molecule has 3 rings (SSSR count). The van der Waals surface area contributed by atoms with E-state index >= 15 is 0 Å². The highest BCUT2D eigenvalue weighted by Crippen LogP contribution is 2.40. The van der Waals surface area contributed by atoms with Gasteiger partial charge in [-0.2, -0.15) is 0 Å². The number of rotatable bonds is 3. The van der Waals surface area contributed by atoms with Crippen LogP contribution in [0.1, 0.15) is 50.2 Å². The third kappa shape index (κ3) is 3.04. The highest BCUT2D eigenvalue weighted by Gasteiger charge is 2.23. The molecule has 0 spiro atoms. The highest BCUT2D eigenvalue weighted by atomic mass is 35.5. The Labute approximate surface area is 124 Å². The summed E-state index contributed by atoms with van der Waals surface area (Å²) in [5, 5.41) is 11.0. The Kier molecular flexibility index (Phi) is 4.37. The van der Waals surface area contributed by atoms with Crippen LogP contribution < -0.4 is 9.47 Å². The van der Waals surface area contributed by atoms with E-state index in [0.29, 0.717) is 35.7 Å². The molecule has 0 saturated heterocycles. The average molecular weight is 297 g/mol. The molecule has 1 atom stereocenters. The van der Waals surface area contributed by atoms with Gasteiger partial charge in [-0.25, -0.2) is 0 Å². The molecule has 3 nitrogen and oxygen atoms in total. The quantitative estimate of drug-likeness (QED) is 0.912. The molecule has 1 N–H and O–H groups in total. The molecule has 1 aromatic rings.